The molecule has 1 atom stereocenters. The molecule has 0 aliphatic carbocycles. The monoisotopic (exact) mass is 416 g/mol. The van der Waals surface area contributed by atoms with Gasteiger partial charge in [0.1, 0.15) is 0 Å². The molecule has 0 aliphatic rings. The highest BCUT2D eigenvalue weighted by atomic mass is 16.2. The van der Waals surface area contributed by atoms with Crippen molar-refractivity contribution in [2.24, 2.45) is 5.92 Å². The van der Waals surface area contributed by atoms with Crippen molar-refractivity contribution in [3.8, 4) is 5.69 Å². The standard InChI is InChI=1S/C25H28N4O2/c1-17(2)14-15-27-24(30)22-23(29(25(27)31)21-13-9-8-10-18(21)3)26-16-28(22)19(4)20-11-6-5-7-12-20/h5-13,16-17,19H,14-15H2,1-4H3/t19-/m1/s1. The minimum Gasteiger partial charge on any atom is -0.317 e. The molecular formula is C25H28N4O2. The lowest BCUT2D eigenvalue weighted by Gasteiger charge is -2.17. The molecule has 4 rings (SSSR count). The summed E-state index contributed by atoms with van der Waals surface area (Å²) in [4.78, 5) is 31.6. The Morgan fingerprint density at radius 3 is 2.29 bits per heavy atom. The molecule has 4 aromatic rings. The number of fused-ring (bicyclic) bond motifs is 1. The first-order valence-electron chi connectivity index (χ1n) is 10.7. The van der Waals surface area contributed by atoms with Crippen LogP contribution < -0.4 is 11.2 Å². The summed E-state index contributed by atoms with van der Waals surface area (Å²) in [6, 6.07) is 17.6. The third-order valence-electron chi connectivity index (χ3n) is 5.84. The van der Waals surface area contributed by atoms with Crippen molar-refractivity contribution in [3.63, 3.8) is 0 Å². The highest BCUT2D eigenvalue weighted by Crippen LogP contribution is 2.23. The summed E-state index contributed by atoms with van der Waals surface area (Å²) < 4.78 is 4.83. The Balaban J connectivity index is 2.03. The third kappa shape index (κ3) is 3.74. The molecule has 0 fully saturated rings. The summed E-state index contributed by atoms with van der Waals surface area (Å²) in [5, 5.41) is 0. The maximum Gasteiger partial charge on any atom is 0.337 e. The molecule has 2 heterocycles. The van der Waals surface area contributed by atoms with E-state index < -0.39 is 0 Å². The van der Waals surface area contributed by atoms with Gasteiger partial charge in [-0.2, -0.15) is 0 Å². The summed E-state index contributed by atoms with van der Waals surface area (Å²) in [5.74, 6) is 0.377. The van der Waals surface area contributed by atoms with Gasteiger partial charge in [0.2, 0.25) is 0 Å². The Kier molecular flexibility index (Phi) is 5.63. The molecule has 0 aliphatic heterocycles. The van der Waals surface area contributed by atoms with Gasteiger partial charge >= 0.3 is 5.69 Å². The number of para-hydroxylation sites is 1. The van der Waals surface area contributed by atoms with E-state index in [1.807, 2.05) is 73.0 Å². The Hall–Kier alpha value is -3.41. The van der Waals surface area contributed by atoms with E-state index >= 15 is 0 Å². The highest BCUT2D eigenvalue weighted by Gasteiger charge is 2.22. The Morgan fingerprint density at radius 2 is 1.61 bits per heavy atom. The fraction of sp³-hybridized carbons (Fsp3) is 0.320. The van der Waals surface area contributed by atoms with E-state index in [1.165, 1.54) is 4.57 Å². The summed E-state index contributed by atoms with van der Waals surface area (Å²) in [6.45, 7) is 8.55. The van der Waals surface area contributed by atoms with Crippen LogP contribution in [0.1, 0.15) is 44.4 Å². The molecule has 2 aromatic heterocycles. The van der Waals surface area contributed by atoms with Crippen LogP contribution >= 0.6 is 0 Å². The van der Waals surface area contributed by atoms with Gasteiger partial charge in [0, 0.05) is 6.54 Å². The lowest BCUT2D eigenvalue weighted by atomic mass is 10.1. The van der Waals surface area contributed by atoms with Crippen LogP contribution in [-0.4, -0.2) is 18.7 Å². The van der Waals surface area contributed by atoms with Crippen molar-refractivity contribution in [2.75, 3.05) is 0 Å². The topological polar surface area (TPSA) is 61.8 Å². The second-order valence-electron chi connectivity index (χ2n) is 8.45. The van der Waals surface area contributed by atoms with E-state index in [0.717, 1.165) is 23.2 Å². The smallest absolute Gasteiger partial charge is 0.317 e. The molecule has 0 radical (unpaired) electrons. The van der Waals surface area contributed by atoms with Gasteiger partial charge in [0.15, 0.2) is 11.2 Å². The Bertz CT molecular complexity index is 1330. The zero-order valence-corrected chi connectivity index (χ0v) is 18.4. The zero-order valence-electron chi connectivity index (χ0n) is 18.4. The average molecular weight is 417 g/mol. The van der Waals surface area contributed by atoms with Gasteiger partial charge in [-0.25, -0.2) is 14.3 Å². The predicted molar refractivity (Wildman–Crippen MR) is 124 cm³/mol. The van der Waals surface area contributed by atoms with Crippen molar-refractivity contribution in [2.45, 2.75) is 46.7 Å². The minimum absolute atomic E-state index is 0.0970. The fourth-order valence-corrected chi connectivity index (χ4v) is 3.95. The second kappa shape index (κ2) is 8.38. The van der Waals surface area contributed by atoms with E-state index in [1.54, 1.807) is 10.9 Å². The quantitative estimate of drug-likeness (QED) is 0.470. The molecular weight excluding hydrogens is 388 g/mol. The van der Waals surface area contributed by atoms with Gasteiger partial charge in [-0.1, -0.05) is 62.4 Å². The number of aromatic nitrogens is 4. The van der Waals surface area contributed by atoms with Crippen molar-refractivity contribution < 1.29 is 0 Å². The lowest BCUT2D eigenvalue weighted by Crippen LogP contribution is -2.40. The van der Waals surface area contributed by atoms with Crippen LogP contribution in [0.15, 0.2) is 70.5 Å². The van der Waals surface area contributed by atoms with Gasteiger partial charge in [-0.3, -0.25) is 9.36 Å². The minimum atomic E-state index is -0.343. The van der Waals surface area contributed by atoms with Crippen LogP contribution in [0.2, 0.25) is 0 Å². The van der Waals surface area contributed by atoms with E-state index in [9.17, 15) is 9.59 Å². The lowest BCUT2D eigenvalue weighted by molar-refractivity contribution is 0.491. The summed E-state index contributed by atoms with van der Waals surface area (Å²) >= 11 is 0. The SMILES string of the molecule is Cc1ccccc1-n1c(=O)n(CCC(C)C)c(=O)c2c1ncn2[C@H](C)c1ccccc1. The third-order valence-corrected chi connectivity index (χ3v) is 5.84. The molecule has 31 heavy (non-hydrogen) atoms. The maximum absolute atomic E-state index is 13.5. The number of rotatable bonds is 6. The van der Waals surface area contributed by atoms with E-state index in [0.29, 0.717) is 23.6 Å². The van der Waals surface area contributed by atoms with Gasteiger partial charge in [0.05, 0.1) is 18.1 Å². The molecule has 6 nitrogen and oxygen atoms in total. The first kappa shape index (κ1) is 20.8. The predicted octanol–water partition coefficient (Wildman–Crippen LogP) is 4.31. The number of hydrogen-bond donors (Lipinski definition) is 0. The fourth-order valence-electron chi connectivity index (χ4n) is 3.95. The number of benzene rings is 2. The summed E-state index contributed by atoms with van der Waals surface area (Å²) in [6.07, 6.45) is 2.42. The van der Waals surface area contributed by atoms with Crippen LogP contribution in [-0.2, 0) is 6.54 Å². The number of aryl methyl sites for hydroxylation is 1. The second-order valence-corrected chi connectivity index (χ2v) is 8.45. The maximum atomic E-state index is 13.5. The zero-order chi connectivity index (χ0) is 22.1. The molecule has 0 bridgehead atoms. The summed E-state index contributed by atoms with van der Waals surface area (Å²) in [5.41, 5.74) is 2.98. The number of hydrogen-bond acceptors (Lipinski definition) is 3. The van der Waals surface area contributed by atoms with Crippen LogP contribution in [0.25, 0.3) is 16.9 Å². The first-order valence-corrected chi connectivity index (χ1v) is 10.7. The first-order chi connectivity index (χ1) is 14.9. The van der Waals surface area contributed by atoms with E-state index in [2.05, 4.69) is 18.8 Å². The van der Waals surface area contributed by atoms with Gasteiger partial charge in [-0.05, 0) is 43.4 Å². The molecule has 0 amide bonds. The molecule has 0 N–H and O–H groups in total. The summed E-state index contributed by atoms with van der Waals surface area (Å²) in [7, 11) is 0. The van der Waals surface area contributed by atoms with E-state index in [-0.39, 0.29) is 17.3 Å². The molecule has 0 saturated heterocycles. The largest absolute Gasteiger partial charge is 0.337 e. The molecule has 0 unspecified atom stereocenters. The molecule has 6 heteroatoms. The van der Waals surface area contributed by atoms with Gasteiger partial charge < -0.3 is 4.57 Å². The number of nitrogens with zero attached hydrogens (tertiary/aromatic N) is 4. The Morgan fingerprint density at radius 1 is 0.935 bits per heavy atom. The van der Waals surface area contributed by atoms with E-state index in [4.69, 9.17) is 0 Å². The van der Waals surface area contributed by atoms with Crippen LogP contribution in [0, 0.1) is 12.8 Å². The highest BCUT2D eigenvalue weighted by molar-refractivity contribution is 5.73. The van der Waals surface area contributed by atoms with Crippen LogP contribution in [0.4, 0.5) is 0 Å². The van der Waals surface area contributed by atoms with Crippen molar-refractivity contribution in [1.29, 1.82) is 0 Å². The molecule has 0 saturated carbocycles. The van der Waals surface area contributed by atoms with Crippen molar-refractivity contribution >= 4 is 11.2 Å². The van der Waals surface area contributed by atoms with Crippen LogP contribution in [0.3, 0.4) is 0 Å². The van der Waals surface area contributed by atoms with Crippen LogP contribution in [0.5, 0.6) is 0 Å². The van der Waals surface area contributed by atoms with Crippen molar-refractivity contribution in [3.05, 3.63) is 92.9 Å². The molecule has 0 spiro atoms. The average Bonchev–Trinajstić information content (AvgIpc) is 3.20. The molecule has 160 valence electrons. The normalized spacial score (nSPS) is 12.5. The van der Waals surface area contributed by atoms with Gasteiger partial charge in [-0.15, -0.1) is 0 Å². The van der Waals surface area contributed by atoms with Gasteiger partial charge in [0.25, 0.3) is 5.56 Å². The molecule has 2 aromatic carbocycles. The van der Waals surface area contributed by atoms with Crippen molar-refractivity contribution in [1.82, 2.24) is 18.7 Å². The number of imidazole rings is 1. The Labute approximate surface area is 181 Å².